The highest BCUT2D eigenvalue weighted by Crippen LogP contribution is 2.33. The highest BCUT2D eigenvalue weighted by molar-refractivity contribution is 5.57. The van der Waals surface area contributed by atoms with Crippen LogP contribution in [0.2, 0.25) is 0 Å². The summed E-state index contributed by atoms with van der Waals surface area (Å²) in [7, 11) is 1.73. The number of aryl methyl sites for hydroxylation is 2. The molecule has 7 nitrogen and oxygen atoms in total. The lowest BCUT2D eigenvalue weighted by Crippen LogP contribution is -2.20. The maximum atomic E-state index is 5.55. The van der Waals surface area contributed by atoms with Crippen LogP contribution >= 0.6 is 0 Å². The van der Waals surface area contributed by atoms with E-state index >= 15 is 0 Å². The number of nitrogens with zero attached hydrogens (tertiary/aromatic N) is 5. The summed E-state index contributed by atoms with van der Waals surface area (Å²) in [5.74, 6) is 2.36. The van der Waals surface area contributed by atoms with Gasteiger partial charge in [-0.25, -0.2) is 9.97 Å². The van der Waals surface area contributed by atoms with Gasteiger partial charge in [0, 0.05) is 37.7 Å². The molecule has 1 saturated heterocycles. The summed E-state index contributed by atoms with van der Waals surface area (Å²) in [6.45, 7) is 6.66. The Kier molecular flexibility index (Phi) is 4.85. The van der Waals surface area contributed by atoms with Crippen LogP contribution in [0.5, 0.6) is 5.75 Å². The van der Waals surface area contributed by atoms with Gasteiger partial charge in [-0.05, 0) is 31.5 Å². The first-order valence-corrected chi connectivity index (χ1v) is 9.10. The number of aromatic nitrogens is 4. The van der Waals surface area contributed by atoms with Crippen LogP contribution in [0.25, 0.3) is 11.4 Å². The summed E-state index contributed by atoms with van der Waals surface area (Å²) < 4.78 is 10.7. The van der Waals surface area contributed by atoms with Crippen LogP contribution in [0.1, 0.15) is 35.1 Å². The van der Waals surface area contributed by atoms with Crippen LogP contribution in [-0.4, -0.2) is 45.2 Å². The third kappa shape index (κ3) is 3.68. The molecule has 0 spiro atoms. The van der Waals surface area contributed by atoms with Crippen molar-refractivity contribution in [2.24, 2.45) is 0 Å². The van der Waals surface area contributed by atoms with Crippen LogP contribution in [0.3, 0.4) is 0 Å². The van der Waals surface area contributed by atoms with Crippen molar-refractivity contribution in [1.29, 1.82) is 0 Å². The Morgan fingerprint density at radius 1 is 1.30 bits per heavy atom. The largest absolute Gasteiger partial charge is 0.496 e. The third-order valence-corrected chi connectivity index (χ3v) is 5.01. The number of likely N-dealkylation sites (tertiary alicyclic amines) is 1. The minimum atomic E-state index is 0.318. The molecule has 2 aromatic heterocycles. The van der Waals surface area contributed by atoms with E-state index in [0.29, 0.717) is 17.6 Å². The van der Waals surface area contributed by atoms with Gasteiger partial charge in [-0.2, -0.15) is 4.98 Å². The summed E-state index contributed by atoms with van der Waals surface area (Å²) in [6.07, 6.45) is 4.41. The average molecular weight is 365 g/mol. The predicted octanol–water partition coefficient (Wildman–Crippen LogP) is 3.14. The Balaban J connectivity index is 1.52. The molecule has 0 saturated carbocycles. The lowest BCUT2D eigenvalue weighted by atomic mass is 10.00. The molecule has 1 aliphatic rings. The Labute approximate surface area is 158 Å². The fourth-order valence-corrected chi connectivity index (χ4v) is 3.67. The maximum absolute atomic E-state index is 5.55. The smallest absolute Gasteiger partial charge is 0.223 e. The molecule has 1 aliphatic heterocycles. The maximum Gasteiger partial charge on any atom is 0.223 e. The number of rotatable bonds is 5. The van der Waals surface area contributed by atoms with Gasteiger partial charge in [0.1, 0.15) is 12.1 Å². The Morgan fingerprint density at radius 2 is 2.19 bits per heavy atom. The van der Waals surface area contributed by atoms with Gasteiger partial charge in [-0.3, -0.25) is 4.90 Å². The summed E-state index contributed by atoms with van der Waals surface area (Å²) in [5, 5.41) is 4.04. The van der Waals surface area contributed by atoms with E-state index in [4.69, 9.17) is 9.26 Å². The molecular weight excluding hydrogens is 342 g/mol. The molecule has 0 N–H and O–H groups in total. The fraction of sp³-hybridized carbons (Fsp3) is 0.400. The molecule has 1 fully saturated rings. The third-order valence-electron chi connectivity index (χ3n) is 5.01. The van der Waals surface area contributed by atoms with Crippen molar-refractivity contribution in [3.63, 3.8) is 0 Å². The van der Waals surface area contributed by atoms with Gasteiger partial charge >= 0.3 is 0 Å². The molecule has 4 rings (SSSR count). The first kappa shape index (κ1) is 17.6. The van der Waals surface area contributed by atoms with Crippen LogP contribution in [0.15, 0.2) is 35.2 Å². The van der Waals surface area contributed by atoms with Crippen molar-refractivity contribution >= 4 is 0 Å². The van der Waals surface area contributed by atoms with E-state index in [0.717, 1.165) is 43.1 Å². The molecular formula is C20H23N5O2. The normalized spacial score (nSPS) is 17.4. The summed E-state index contributed by atoms with van der Waals surface area (Å²) >= 11 is 0. The Hall–Kier alpha value is -2.80. The van der Waals surface area contributed by atoms with E-state index in [1.165, 1.54) is 11.1 Å². The lowest BCUT2D eigenvalue weighted by molar-refractivity contribution is 0.316. The molecule has 27 heavy (non-hydrogen) atoms. The van der Waals surface area contributed by atoms with E-state index in [1.807, 2.05) is 0 Å². The van der Waals surface area contributed by atoms with Crippen LogP contribution in [0.4, 0.5) is 0 Å². The predicted molar refractivity (Wildman–Crippen MR) is 100 cm³/mol. The molecule has 1 atom stereocenters. The lowest BCUT2D eigenvalue weighted by Gasteiger charge is -2.18. The minimum Gasteiger partial charge on any atom is -0.496 e. The number of benzene rings is 1. The second kappa shape index (κ2) is 7.44. The summed E-state index contributed by atoms with van der Waals surface area (Å²) in [5.41, 5.74) is 4.26. The summed E-state index contributed by atoms with van der Waals surface area (Å²) in [4.78, 5) is 15.5. The quantitative estimate of drug-likeness (QED) is 0.687. The summed E-state index contributed by atoms with van der Waals surface area (Å²) in [6, 6.07) is 6.37. The fourth-order valence-electron chi connectivity index (χ4n) is 3.67. The van der Waals surface area contributed by atoms with Gasteiger partial charge in [-0.1, -0.05) is 17.3 Å². The molecule has 0 amide bonds. The van der Waals surface area contributed by atoms with Crippen molar-refractivity contribution in [3.8, 4) is 17.1 Å². The second-order valence-electron chi connectivity index (χ2n) is 6.99. The van der Waals surface area contributed by atoms with Gasteiger partial charge in [0.15, 0.2) is 0 Å². The Bertz CT molecular complexity index is 940. The number of hydrogen-bond acceptors (Lipinski definition) is 7. The molecule has 3 heterocycles. The van der Waals surface area contributed by atoms with Crippen molar-refractivity contribution in [3.05, 3.63) is 53.4 Å². The van der Waals surface area contributed by atoms with Crippen molar-refractivity contribution in [1.82, 2.24) is 25.0 Å². The average Bonchev–Trinajstić information content (AvgIpc) is 3.32. The number of methoxy groups -OCH3 is 1. The van der Waals surface area contributed by atoms with Gasteiger partial charge < -0.3 is 9.26 Å². The Morgan fingerprint density at radius 3 is 2.96 bits per heavy atom. The zero-order valence-electron chi connectivity index (χ0n) is 15.8. The first-order valence-electron chi connectivity index (χ1n) is 9.10. The van der Waals surface area contributed by atoms with Gasteiger partial charge in [0.05, 0.1) is 18.4 Å². The van der Waals surface area contributed by atoms with Crippen LogP contribution in [-0.2, 0) is 6.54 Å². The first-order chi connectivity index (χ1) is 13.1. The standard InChI is InChI=1S/C20H23N5O2/c1-13-4-5-15(18(8-13)26-3)10-25-7-6-16(11-25)19-17(9-21-12-22-19)20-23-14(2)27-24-20/h4-5,8-9,12,16H,6-7,10-11H2,1-3H3/t16-/m0/s1. The van der Waals surface area contributed by atoms with Crippen LogP contribution in [0, 0.1) is 13.8 Å². The van der Waals surface area contributed by atoms with E-state index in [2.05, 4.69) is 50.1 Å². The highest BCUT2D eigenvalue weighted by atomic mass is 16.5. The van der Waals surface area contributed by atoms with Gasteiger partial charge in [0.25, 0.3) is 0 Å². The van der Waals surface area contributed by atoms with Crippen LogP contribution < -0.4 is 4.74 Å². The molecule has 0 radical (unpaired) electrons. The molecule has 0 unspecified atom stereocenters. The zero-order chi connectivity index (χ0) is 18.8. The molecule has 1 aromatic carbocycles. The monoisotopic (exact) mass is 365 g/mol. The zero-order valence-corrected chi connectivity index (χ0v) is 15.8. The van der Waals surface area contributed by atoms with Gasteiger partial charge in [0.2, 0.25) is 11.7 Å². The molecule has 140 valence electrons. The second-order valence-corrected chi connectivity index (χ2v) is 6.99. The van der Waals surface area contributed by atoms with E-state index in [9.17, 15) is 0 Å². The molecule has 0 aliphatic carbocycles. The van der Waals surface area contributed by atoms with Gasteiger partial charge in [-0.15, -0.1) is 0 Å². The van der Waals surface area contributed by atoms with Crippen molar-refractivity contribution < 1.29 is 9.26 Å². The molecule has 3 aromatic rings. The van der Waals surface area contributed by atoms with Crippen molar-refractivity contribution in [2.45, 2.75) is 32.7 Å². The van der Waals surface area contributed by atoms with E-state index in [-0.39, 0.29) is 0 Å². The van der Waals surface area contributed by atoms with E-state index in [1.54, 1.807) is 26.6 Å². The number of hydrogen-bond donors (Lipinski definition) is 0. The molecule has 7 heteroatoms. The SMILES string of the molecule is COc1cc(C)ccc1CN1CC[C@H](c2ncncc2-c2noc(C)n2)C1. The minimum absolute atomic E-state index is 0.318. The topological polar surface area (TPSA) is 77.2 Å². The molecule has 0 bridgehead atoms. The van der Waals surface area contributed by atoms with E-state index < -0.39 is 0 Å². The number of ether oxygens (including phenoxy) is 1. The highest BCUT2D eigenvalue weighted by Gasteiger charge is 2.28. The van der Waals surface area contributed by atoms with Crippen molar-refractivity contribution in [2.75, 3.05) is 20.2 Å².